The van der Waals surface area contributed by atoms with E-state index in [1.165, 1.54) is 5.56 Å². The average Bonchev–Trinajstić information content (AvgIpc) is 2.61. The standard InChI is InChI=1S/C12H22N4O/c1-12(2)9-16(8-11(4-13)17-12)7-10-5-14-15(3)6-10/h5-6,11H,4,7-9,13H2,1-3H3. The van der Waals surface area contributed by atoms with Gasteiger partial charge in [-0.1, -0.05) is 0 Å². The van der Waals surface area contributed by atoms with Gasteiger partial charge in [-0.15, -0.1) is 0 Å². The first kappa shape index (κ1) is 12.5. The molecule has 2 N–H and O–H groups in total. The number of morpholine rings is 1. The maximum absolute atomic E-state index is 5.91. The SMILES string of the molecule is Cn1cc(CN2CC(CN)OC(C)(C)C2)cn1. The van der Waals surface area contributed by atoms with Crippen molar-refractivity contribution in [1.82, 2.24) is 14.7 Å². The summed E-state index contributed by atoms with van der Waals surface area (Å²) in [6, 6.07) is 0. The molecule has 2 heterocycles. The number of aromatic nitrogens is 2. The molecule has 0 bridgehead atoms. The predicted molar refractivity (Wildman–Crippen MR) is 66.5 cm³/mol. The van der Waals surface area contributed by atoms with Gasteiger partial charge in [0.2, 0.25) is 0 Å². The molecule has 0 aliphatic carbocycles. The molecule has 0 spiro atoms. The highest BCUT2D eigenvalue weighted by Gasteiger charge is 2.32. The average molecular weight is 238 g/mol. The summed E-state index contributed by atoms with van der Waals surface area (Å²) in [7, 11) is 1.94. The van der Waals surface area contributed by atoms with Crippen LogP contribution in [0.3, 0.4) is 0 Å². The summed E-state index contributed by atoms with van der Waals surface area (Å²) in [5.74, 6) is 0. The molecule has 17 heavy (non-hydrogen) atoms. The zero-order valence-corrected chi connectivity index (χ0v) is 10.9. The first-order valence-corrected chi connectivity index (χ1v) is 6.06. The minimum absolute atomic E-state index is 0.121. The van der Waals surface area contributed by atoms with E-state index in [1.54, 1.807) is 0 Å². The van der Waals surface area contributed by atoms with Crippen molar-refractivity contribution in [1.29, 1.82) is 0 Å². The first-order valence-electron chi connectivity index (χ1n) is 6.06. The van der Waals surface area contributed by atoms with E-state index in [4.69, 9.17) is 10.5 Å². The Morgan fingerprint density at radius 1 is 1.59 bits per heavy atom. The molecule has 1 aliphatic rings. The molecular weight excluding hydrogens is 216 g/mol. The van der Waals surface area contributed by atoms with Crippen molar-refractivity contribution in [3.05, 3.63) is 18.0 Å². The Balaban J connectivity index is 2.00. The summed E-state index contributed by atoms with van der Waals surface area (Å²) in [4.78, 5) is 2.39. The van der Waals surface area contributed by atoms with Crippen LogP contribution in [0.15, 0.2) is 12.4 Å². The third kappa shape index (κ3) is 3.28. The van der Waals surface area contributed by atoms with Crippen molar-refractivity contribution < 1.29 is 4.74 Å². The molecule has 1 aromatic heterocycles. The van der Waals surface area contributed by atoms with E-state index >= 15 is 0 Å². The second-order valence-electron chi connectivity index (χ2n) is 5.43. The van der Waals surface area contributed by atoms with Crippen molar-refractivity contribution in [2.45, 2.75) is 32.1 Å². The lowest BCUT2D eigenvalue weighted by Crippen LogP contribution is -2.54. The van der Waals surface area contributed by atoms with Crippen molar-refractivity contribution in [2.75, 3.05) is 19.6 Å². The highest BCUT2D eigenvalue weighted by atomic mass is 16.5. The normalized spacial score (nSPS) is 25.1. The van der Waals surface area contributed by atoms with Gasteiger partial charge in [0.1, 0.15) is 0 Å². The largest absolute Gasteiger partial charge is 0.368 e. The summed E-state index contributed by atoms with van der Waals surface area (Å²) in [5, 5.41) is 4.19. The Morgan fingerprint density at radius 2 is 2.35 bits per heavy atom. The van der Waals surface area contributed by atoms with Crippen LogP contribution in [0, 0.1) is 0 Å². The number of aryl methyl sites for hydroxylation is 1. The van der Waals surface area contributed by atoms with Crippen molar-refractivity contribution in [2.24, 2.45) is 12.8 Å². The fourth-order valence-corrected chi connectivity index (χ4v) is 2.47. The second kappa shape index (κ2) is 4.76. The molecule has 1 fully saturated rings. The predicted octanol–water partition coefficient (Wildman–Crippen LogP) is 0.358. The number of nitrogens with two attached hydrogens (primary N) is 1. The van der Waals surface area contributed by atoms with Crippen LogP contribution < -0.4 is 5.73 Å². The second-order valence-corrected chi connectivity index (χ2v) is 5.43. The van der Waals surface area contributed by atoms with Gasteiger partial charge < -0.3 is 10.5 Å². The van der Waals surface area contributed by atoms with Crippen molar-refractivity contribution in [3.63, 3.8) is 0 Å². The van der Waals surface area contributed by atoms with Gasteiger partial charge in [-0.05, 0) is 13.8 Å². The Hall–Kier alpha value is -0.910. The highest BCUT2D eigenvalue weighted by Crippen LogP contribution is 2.21. The summed E-state index contributed by atoms with van der Waals surface area (Å²) in [6.45, 7) is 7.55. The van der Waals surface area contributed by atoms with Crippen LogP contribution in [0.2, 0.25) is 0 Å². The van der Waals surface area contributed by atoms with Crippen molar-refractivity contribution in [3.8, 4) is 0 Å². The first-order chi connectivity index (χ1) is 7.98. The molecule has 1 aromatic rings. The van der Waals surface area contributed by atoms with Gasteiger partial charge in [0.15, 0.2) is 0 Å². The third-order valence-electron chi connectivity index (χ3n) is 2.98. The summed E-state index contributed by atoms with van der Waals surface area (Å²) in [5.41, 5.74) is 6.83. The van der Waals surface area contributed by atoms with Crippen LogP contribution in [-0.4, -0.2) is 46.0 Å². The molecule has 1 atom stereocenters. The van der Waals surface area contributed by atoms with Crippen LogP contribution in [0.4, 0.5) is 0 Å². The van der Waals surface area contributed by atoms with Gasteiger partial charge in [0, 0.05) is 45.0 Å². The Bertz CT molecular complexity index is 374. The van der Waals surface area contributed by atoms with E-state index in [1.807, 2.05) is 17.9 Å². The van der Waals surface area contributed by atoms with Crippen LogP contribution in [0.25, 0.3) is 0 Å². The van der Waals surface area contributed by atoms with Crippen LogP contribution >= 0.6 is 0 Å². The molecule has 5 heteroatoms. The number of nitrogens with zero attached hydrogens (tertiary/aromatic N) is 3. The maximum Gasteiger partial charge on any atom is 0.0831 e. The molecule has 0 radical (unpaired) electrons. The zero-order valence-electron chi connectivity index (χ0n) is 10.9. The lowest BCUT2D eigenvalue weighted by molar-refractivity contribution is -0.133. The summed E-state index contributed by atoms with van der Waals surface area (Å²) in [6.07, 6.45) is 4.11. The van der Waals surface area contributed by atoms with E-state index in [0.717, 1.165) is 19.6 Å². The van der Waals surface area contributed by atoms with Gasteiger partial charge >= 0.3 is 0 Å². The van der Waals surface area contributed by atoms with Crippen LogP contribution in [-0.2, 0) is 18.3 Å². The van der Waals surface area contributed by atoms with E-state index in [-0.39, 0.29) is 11.7 Å². The van der Waals surface area contributed by atoms with E-state index in [9.17, 15) is 0 Å². The van der Waals surface area contributed by atoms with E-state index in [0.29, 0.717) is 6.54 Å². The molecule has 0 saturated carbocycles. The van der Waals surface area contributed by atoms with E-state index < -0.39 is 0 Å². The zero-order chi connectivity index (χ0) is 12.5. The summed E-state index contributed by atoms with van der Waals surface area (Å²) >= 11 is 0. The van der Waals surface area contributed by atoms with Crippen LogP contribution in [0.1, 0.15) is 19.4 Å². The smallest absolute Gasteiger partial charge is 0.0831 e. The Labute approximate surface area is 103 Å². The number of rotatable bonds is 3. The van der Waals surface area contributed by atoms with E-state index in [2.05, 4.69) is 30.0 Å². The van der Waals surface area contributed by atoms with Gasteiger partial charge in [-0.25, -0.2) is 0 Å². The number of ether oxygens (including phenoxy) is 1. The van der Waals surface area contributed by atoms with Gasteiger partial charge in [-0.2, -0.15) is 5.10 Å². The lowest BCUT2D eigenvalue weighted by Gasteiger charge is -2.42. The maximum atomic E-state index is 5.91. The summed E-state index contributed by atoms with van der Waals surface area (Å²) < 4.78 is 7.74. The molecule has 0 amide bonds. The molecule has 0 aromatic carbocycles. The third-order valence-corrected chi connectivity index (χ3v) is 2.98. The minimum Gasteiger partial charge on any atom is -0.368 e. The van der Waals surface area contributed by atoms with Crippen LogP contribution in [0.5, 0.6) is 0 Å². The fraction of sp³-hybridized carbons (Fsp3) is 0.750. The number of hydrogen-bond acceptors (Lipinski definition) is 4. The highest BCUT2D eigenvalue weighted by molar-refractivity contribution is 5.04. The van der Waals surface area contributed by atoms with Crippen molar-refractivity contribution >= 4 is 0 Å². The molecular formula is C12H22N4O. The Morgan fingerprint density at radius 3 is 2.94 bits per heavy atom. The molecule has 1 aliphatic heterocycles. The lowest BCUT2D eigenvalue weighted by atomic mass is 10.0. The Kier molecular flexibility index (Phi) is 3.51. The molecule has 2 rings (SSSR count). The molecule has 5 nitrogen and oxygen atoms in total. The molecule has 1 unspecified atom stereocenters. The van der Waals surface area contributed by atoms with Gasteiger partial charge in [0.05, 0.1) is 17.9 Å². The van der Waals surface area contributed by atoms with Gasteiger partial charge in [-0.3, -0.25) is 9.58 Å². The van der Waals surface area contributed by atoms with Gasteiger partial charge in [0.25, 0.3) is 0 Å². The minimum atomic E-state index is -0.121. The quantitative estimate of drug-likeness (QED) is 0.826. The topological polar surface area (TPSA) is 56.3 Å². The molecule has 1 saturated heterocycles. The number of hydrogen-bond donors (Lipinski definition) is 1. The fourth-order valence-electron chi connectivity index (χ4n) is 2.47. The monoisotopic (exact) mass is 238 g/mol. The molecule has 96 valence electrons.